The lowest BCUT2D eigenvalue weighted by atomic mass is 10.0. The van der Waals surface area contributed by atoms with Crippen LogP contribution >= 0.6 is 0 Å². The molecular weight excluding hydrogens is 266 g/mol. The lowest BCUT2D eigenvalue weighted by molar-refractivity contribution is -0.0469. The number of nitrogens with zero attached hydrogens (tertiary/aromatic N) is 2. The normalized spacial score (nSPS) is 17.2. The van der Waals surface area contributed by atoms with Gasteiger partial charge in [0, 0.05) is 18.7 Å². The summed E-state index contributed by atoms with van der Waals surface area (Å²) in [4.78, 5) is 4.59. The minimum atomic E-state index is -0.359. The van der Waals surface area contributed by atoms with Crippen molar-refractivity contribution in [2.24, 2.45) is 5.73 Å². The van der Waals surface area contributed by atoms with Crippen molar-refractivity contribution in [3.05, 3.63) is 35.7 Å². The van der Waals surface area contributed by atoms with Gasteiger partial charge in [-0.05, 0) is 50.3 Å². The van der Waals surface area contributed by atoms with Crippen molar-refractivity contribution in [1.82, 2.24) is 10.1 Å². The fourth-order valence-corrected chi connectivity index (χ4v) is 3.01. The van der Waals surface area contributed by atoms with Crippen LogP contribution in [0.5, 0.6) is 0 Å². The number of hydrogen-bond acceptors (Lipinski definition) is 5. The summed E-state index contributed by atoms with van der Waals surface area (Å²) in [6.07, 6.45) is 4.21. The average Bonchev–Trinajstić information content (AvgIpc) is 3.17. The van der Waals surface area contributed by atoms with Crippen LogP contribution in [0.15, 0.2) is 28.8 Å². The maximum Gasteiger partial charge on any atom is 0.258 e. The molecular formula is C16H21N3O2. The highest BCUT2D eigenvalue weighted by atomic mass is 16.5. The topological polar surface area (TPSA) is 74.2 Å². The number of aromatic nitrogens is 2. The van der Waals surface area contributed by atoms with E-state index >= 15 is 0 Å². The van der Waals surface area contributed by atoms with Crippen LogP contribution in [-0.2, 0) is 16.9 Å². The van der Waals surface area contributed by atoms with Gasteiger partial charge in [-0.2, -0.15) is 4.98 Å². The van der Waals surface area contributed by atoms with Crippen LogP contribution in [0.1, 0.15) is 44.0 Å². The number of hydrogen-bond donors (Lipinski definition) is 1. The molecule has 5 nitrogen and oxygen atoms in total. The second-order valence-corrected chi connectivity index (χ2v) is 5.46. The Balaban J connectivity index is 1.91. The van der Waals surface area contributed by atoms with Crippen molar-refractivity contribution in [2.45, 2.75) is 44.8 Å². The van der Waals surface area contributed by atoms with Gasteiger partial charge in [0.25, 0.3) is 5.89 Å². The van der Waals surface area contributed by atoms with E-state index in [1.807, 2.05) is 31.2 Å². The number of ether oxygens (including phenoxy) is 1. The molecule has 1 aliphatic rings. The third-order valence-electron chi connectivity index (χ3n) is 4.08. The quantitative estimate of drug-likeness (QED) is 0.915. The summed E-state index contributed by atoms with van der Waals surface area (Å²) < 4.78 is 11.4. The highest BCUT2D eigenvalue weighted by molar-refractivity contribution is 5.54. The molecule has 0 unspecified atom stereocenters. The van der Waals surface area contributed by atoms with E-state index in [4.69, 9.17) is 15.0 Å². The summed E-state index contributed by atoms with van der Waals surface area (Å²) in [5, 5.41) is 4.18. The molecule has 0 spiro atoms. The van der Waals surface area contributed by atoms with E-state index in [2.05, 4.69) is 10.1 Å². The molecule has 5 heteroatoms. The molecule has 0 bridgehead atoms. The predicted octanol–water partition coefficient (Wildman–Crippen LogP) is 3.00. The molecule has 1 saturated carbocycles. The first kappa shape index (κ1) is 14.2. The summed E-state index contributed by atoms with van der Waals surface area (Å²) in [6, 6.07) is 7.88. The first-order valence-electron chi connectivity index (χ1n) is 7.55. The lowest BCUT2D eigenvalue weighted by Crippen LogP contribution is -2.27. The Morgan fingerprint density at radius 3 is 2.86 bits per heavy atom. The molecule has 2 aromatic rings. The van der Waals surface area contributed by atoms with Crippen molar-refractivity contribution in [2.75, 3.05) is 6.61 Å². The lowest BCUT2D eigenvalue weighted by Gasteiger charge is -2.24. The highest BCUT2D eigenvalue weighted by Gasteiger charge is 2.40. The van der Waals surface area contributed by atoms with Crippen LogP contribution in [0.25, 0.3) is 11.5 Å². The highest BCUT2D eigenvalue weighted by Crippen LogP contribution is 2.41. The third kappa shape index (κ3) is 2.71. The van der Waals surface area contributed by atoms with Crippen molar-refractivity contribution < 1.29 is 9.26 Å². The molecule has 1 heterocycles. The van der Waals surface area contributed by atoms with E-state index in [-0.39, 0.29) is 5.60 Å². The largest absolute Gasteiger partial charge is 0.367 e. The van der Waals surface area contributed by atoms with Crippen LogP contribution < -0.4 is 5.73 Å². The molecule has 1 aromatic carbocycles. The van der Waals surface area contributed by atoms with Crippen molar-refractivity contribution in [3.8, 4) is 11.5 Å². The number of rotatable bonds is 5. The van der Waals surface area contributed by atoms with Gasteiger partial charge in [0.15, 0.2) is 0 Å². The molecule has 1 aromatic heterocycles. The zero-order valence-corrected chi connectivity index (χ0v) is 12.3. The standard InChI is InChI=1S/C16H21N3O2/c1-2-20-16(8-3-4-9-16)15-18-14(21-19-15)13-7-5-6-12(10-13)11-17/h5-7,10H,2-4,8-9,11,17H2,1H3. The van der Waals surface area contributed by atoms with Gasteiger partial charge in [-0.3, -0.25) is 0 Å². The van der Waals surface area contributed by atoms with E-state index in [1.165, 1.54) is 0 Å². The molecule has 21 heavy (non-hydrogen) atoms. The summed E-state index contributed by atoms with van der Waals surface area (Å²) in [5.41, 5.74) is 7.27. The van der Waals surface area contributed by atoms with Gasteiger partial charge < -0.3 is 15.0 Å². The summed E-state index contributed by atoms with van der Waals surface area (Å²) in [7, 11) is 0. The first-order valence-corrected chi connectivity index (χ1v) is 7.55. The minimum absolute atomic E-state index is 0.359. The second kappa shape index (κ2) is 5.95. The maximum absolute atomic E-state index is 5.97. The van der Waals surface area contributed by atoms with Crippen LogP contribution in [0.2, 0.25) is 0 Å². The van der Waals surface area contributed by atoms with Gasteiger partial charge in [-0.15, -0.1) is 0 Å². The van der Waals surface area contributed by atoms with Crippen molar-refractivity contribution in [3.63, 3.8) is 0 Å². The summed E-state index contributed by atoms with van der Waals surface area (Å²) in [5.74, 6) is 1.21. The Labute approximate surface area is 124 Å². The summed E-state index contributed by atoms with van der Waals surface area (Å²) >= 11 is 0. The Hall–Kier alpha value is -1.72. The van der Waals surface area contributed by atoms with Gasteiger partial charge in [0.1, 0.15) is 5.60 Å². The molecule has 0 saturated heterocycles. The third-order valence-corrected chi connectivity index (χ3v) is 4.08. The molecule has 0 radical (unpaired) electrons. The molecule has 0 atom stereocenters. The Morgan fingerprint density at radius 2 is 2.14 bits per heavy atom. The minimum Gasteiger partial charge on any atom is -0.367 e. The first-order chi connectivity index (χ1) is 10.3. The second-order valence-electron chi connectivity index (χ2n) is 5.46. The number of benzene rings is 1. The Kier molecular flexibility index (Phi) is 4.03. The molecule has 3 rings (SSSR count). The van der Waals surface area contributed by atoms with Crippen LogP contribution in [0, 0.1) is 0 Å². The fourth-order valence-electron chi connectivity index (χ4n) is 3.01. The smallest absolute Gasteiger partial charge is 0.258 e. The van der Waals surface area contributed by atoms with Gasteiger partial charge in [0.2, 0.25) is 5.82 Å². The van der Waals surface area contributed by atoms with E-state index in [1.54, 1.807) is 0 Å². The fraction of sp³-hybridized carbons (Fsp3) is 0.500. The molecule has 1 fully saturated rings. The molecule has 0 aliphatic heterocycles. The van der Waals surface area contributed by atoms with Crippen LogP contribution in [-0.4, -0.2) is 16.7 Å². The predicted molar refractivity (Wildman–Crippen MR) is 79.4 cm³/mol. The maximum atomic E-state index is 5.97. The van der Waals surface area contributed by atoms with E-state index in [0.29, 0.717) is 24.9 Å². The van der Waals surface area contributed by atoms with Gasteiger partial charge in [-0.1, -0.05) is 17.3 Å². The van der Waals surface area contributed by atoms with Crippen LogP contribution in [0.4, 0.5) is 0 Å². The molecule has 2 N–H and O–H groups in total. The van der Waals surface area contributed by atoms with Crippen molar-refractivity contribution >= 4 is 0 Å². The van der Waals surface area contributed by atoms with Gasteiger partial charge >= 0.3 is 0 Å². The Bertz CT molecular complexity index is 603. The Morgan fingerprint density at radius 1 is 1.33 bits per heavy atom. The molecule has 1 aliphatic carbocycles. The SMILES string of the molecule is CCOC1(c2noc(-c3cccc(CN)c3)n2)CCCC1. The average molecular weight is 287 g/mol. The van der Waals surface area contributed by atoms with E-state index in [9.17, 15) is 0 Å². The molecule has 0 amide bonds. The van der Waals surface area contributed by atoms with Crippen LogP contribution in [0.3, 0.4) is 0 Å². The van der Waals surface area contributed by atoms with E-state index in [0.717, 1.165) is 36.8 Å². The van der Waals surface area contributed by atoms with Crippen molar-refractivity contribution in [1.29, 1.82) is 0 Å². The zero-order valence-electron chi connectivity index (χ0n) is 12.3. The molecule has 112 valence electrons. The van der Waals surface area contributed by atoms with Gasteiger partial charge in [0.05, 0.1) is 0 Å². The monoisotopic (exact) mass is 287 g/mol. The van der Waals surface area contributed by atoms with Gasteiger partial charge in [-0.25, -0.2) is 0 Å². The number of nitrogens with two attached hydrogens (primary N) is 1. The summed E-state index contributed by atoms with van der Waals surface area (Å²) in [6.45, 7) is 3.16. The zero-order chi connectivity index (χ0) is 14.7. The van der Waals surface area contributed by atoms with E-state index < -0.39 is 0 Å².